The molecule has 0 aromatic carbocycles. The van der Waals surface area contributed by atoms with Crippen molar-refractivity contribution < 1.29 is 4.79 Å². The summed E-state index contributed by atoms with van der Waals surface area (Å²) in [6.07, 6.45) is 5.50. The predicted molar refractivity (Wildman–Crippen MR) is 81.2 cm³/mol. The van der Waals surface area contributed by atoms with Crippen LogP contribution in [0.15, 0.2) is 36.7 Å². The summed E-state index contributed by atoms with van der Waals surface area (Å²) in [5.41, 5.74) is 2.43. The van der Waals surface area contributed by atoms with Crippen LogP contribution in [0.3, 0.4) is 0 Å². The van der Waals surface area contributed by atoms with Crippen LogP contribution in [0.5, 0.6) is 0 Å². The van der Waals surface area contributed by atoms with E-state index in [4.69, 9.17) is 11.6 Å². The van der Waals surface area contributed by atoms with Gasteiger partial charge in [-0.2, -0.15) is 0 Å². The second-order valence-corrected chi connectivity index (χ2v) is 5.84. The topological polar surface area (TPSA) is 54.9 Å². The summed E-state index contributed by atoms with van der Waals surface area (Å²) in [6, 6.07) is 7.23. The van der Waals surface area contributed by atoms with Gasteiger partial charge in [0.05, 0.1) is 16.8 Å². The van der Waals surface area contributed by atoms with E-state index in [0.717, 1.165) is 24.1 Å². The quantitative estimate of drug-likeness (QED) is 0.942. The number of rotatable bonds is 4. The van der Waals surface area contributed by atoms with E-state index < -0.39 is 0 Å². The summed E-state index contributed by atoms with van der Waals surface area (Å²) in [4.78, 5) is 20.8. The second kappa shape index (κ2) is 5.82. The summed E-state index contributed by atoms with van der Waals surface area (Å²) in [5.74, 6) is 0.280. The van der Waals surface area contributed by atoms with Crippen molar-refractivity contribution >= 4 is 17.5 Å². The van der Waals surface area contributed by atoms with Crippen molar-refractivity contribution in [2.75, 3.05) is 0 Å². The molecule has 3 rings (SSSR count). The fourth-order valence-electron chi connectivity index (χ4n) is 2.32. The number of hydrogen-bond donors (Lipinski definition) is 1. The molecule has 1 saturated carbocycles. The van der Waals surface area contributed by atoms with E-state index in [0.29, 0.717) is 16.6 Å². The summed E-state index contributed by atoms with van der Waals surface area (Å²) in [5, 5.41) is 3.57. The molecular weight excluding hydrogens is 286 g/mol. The average Bonchev–Trinajstić information content (AvgIpc) is 3.30. The smallest absolute Gasteiger partial charge is 0.270 e. The maximum Gasteiger partial charge on any atom is 0.270 e. The van der Waals surface area contributed by atoms with Gasteiger partial charge in [-0.25, -0.2) is 4.98 Å². The number of pyridine rings is 2. The molecule has 2 aromatic heterocycles. The van der Waals surface area contributed by atoms with E-state index in [9.17, 15) is 4.79 Å². The van der Waals surface area contributed by atoms with Gasteiger partial charge in [-0.3, -0.25) is 9.78 Å². The van der Waals surface area contributed by atoms with Crippen molar-refractivity contribution in [2.45, 2.75) is 25.8 Å². The number of aromatic nitrogens is 2. The van der Waals surface area contributed by atoms with Gasteiger partial charge in [-0.1, -0.05) is 11.6 Å². The Balaban J connectivity index is 1.79. The standard InChI is InChI=1S/C16H16ClN3O/c1-10-6-7-18-14(8-10)15(11-2-3-11)20-16(21)13-5-4-12(17)9-19-13/h4-9,11,15H,2-3H2,1H3,(H,20,21)/t15-/m0/s1. The number of aryl methyl sites for hydroxylation is 1. The highest BCUT2D eigenvalue weighted by atomic mass is 35.5. The first-order valence-electron chi connectivity index (χ1n) is 6.98. The van der Waals surface area contributed by atoms with Crippen molar-refractivity contribution in [2.24, 2.45) is 5.92 Å². The Kier molecular flexibility index (Phi) is 3.88. The van der Waals surface area contributed by atoms with Crippen LogP contribution in [0.25, 0.3) is 0 Å². The van der Waals surface area contributed by atoms with E-state index in [2.05, 4.69) is 15.3 Å². The van der Waals surface area contributed by atoms with Gasteiger partial charge in [0.1, 0.15) is 5.69 Å². The maximum atomic E-state index is 12.3. The molecule has 1 aliphatic rings. The first kappa shape index (κ1) is 14.0. The molecule has 0 radical (unpaired) electrons. The van der Waals surface area contributed by atoms with Crippen LogP contribution < -0.4 is 5.32 Å². The minimum absolute atomic E-state index is 0.0464. The molecule has 1 atom stereocenters. The highest BCUT2D eigenvalue weighted by Gasteiger charge is 2.34. The number of halogens is 1. The van der Waals surface area contributed by atoms with Crippen molar-refractivity contribution in [3.8, 4) is 0 Å². The molecule has 4 nitrogen and oxygen atoms in total. The zero-order valence-electron chi connectivity index (χ0n) is 11.7. The molecule has 2 aromatic rings. The van der Waals surface area contributed by atoms with Crippen LogP contribution in [0.1, 0.15) is 40.6 Å². The summed E-state index contributed by atoms with van der Waals surface area (Å²) >= 11 is 5.79. The van der Waals surface area contributed by atoms with Crippen LogP contribution >= 0.6 is 11.6 Å². The van der Waals surface area contributed by atoms with E-state index >= 15 is 0 Å². The van der Waals surface area contributed by atoms with E-state index in [1.165, 1.54) is 6.20 Å². The number of amides is 1. The minimum atomic E-state index is -0.188. The number of hydrogen-bond acceptors (Lipinski definition) is 3. The SMILES string of the molecule is Cc1ccnc([C@@H](NC(=O)c2ccc(Cl)cn2)C2CC2)c1. The number of carbonyl (C=O) groups is 1. The number of nitrogens with one attached hydrogen (secondary N) is 1. The lowest BCUT2D eigenvalue weighted by Crippen LogP contribution is -2.31. The molecule has 0 spiro atoms. The second-order valence-electron chi connectivity index (χ2n) is 5.41. The highest BCUT2D eigenvalue weighted by molar-refractivity contribution is 6.30. The molecular formula is C16H16ClN3O. The molecule has 0 saturated heterocycles. The lowest BCUT2D eigenvalue weighted by Gasteiger charge is -2.18. The molecule has 21 heavy (non-hydrogen) atoms. The van der Waals surface area contributed by atoms with Crippen LogP contribution in [0.4, 0.5) is 0 Å². The molecule has 1 fully saturated rings. The van der Waals surface area contributed by atoms with Gasteiger partial charge in [0, 0.05) is 12.4 Å². The van der Waals surface area contributed by atoms with Crippen molar-refractivity contribution in [3.05, 3.63) is 58.6 Å². The Bertz CT molecular complexity index is 653. The molecule has 0 unspecified atom stereocenters. The Morgan fingerprint density at radius 1 is 1.33 bits per heavy atom. The van der Waals surface area contributed by atoms with Crippen molar-refractivity contribution in [3.63, 3.8) is 0 Å². The minimum Gasteiger partial charge on any atom is -0.342 e. The summed E-state index contributed by atoms with van der Waals surface area (Å²) < 4.78 is 0. The van der Waals surface area contributed by atoms with Gasteiger partial charge < -0.3 is 5.32 Å². The third kappa shape index (κ3) is 3.39. The van der Waals surface area contributed by atoms with Crippen LogP contribution in [-0.4, -0.2) is 15.9 Å². The molecule has 1 N–H and O–H groups in total. The van der Waals surface area contributed by atoms with Crippen molar-refractivity contribution in [1.82, 2.24) is 15.3 Å². The van der Waals surface area contributed by atoms with Gasteiger partial charge in [0.15, 0.2) is 0 Å². The van der Waals surface area contributed by atoms with Crippen LogP contribution in [-0.2, 0) is 0 Å². The normalized spacial score (nSPS) is 15.5. The van der Waals surface area contributed by atoms with Crippen LogP contribution in [0.2, 0.25) is 5.02 Å². The Hall–Kier alpha value is -1.94. The lowest BCUT2D eigenvalue weighted by molar-refractivity contribution is 0.0925. The molecule has 108 valence electrons. The van der Waals surface area contributed by atoms with Gasteiger partial charge >= 0.3 is 0 Å². The van der Waals surface area contributed by atoms with Crippen molar-refractivity contribution in [1.29, 1.82) is 0 Å². The maximum absolute atomic E-state index is 12.3. The summed E-state index contributed by atoms with van der Waals surface area (Å²) in [7, 11) is 0. The van der Waals surface area contributed by atoms with Gasteiger partial charge in [-0.15, -0.1) is 0 Å². The predicted octanol–water partition coefficient (Wildman–Crippen LogP) is 3.32. The molecule has 1 amide bonds. The van der Waals surface area contributed by atoms with E-state index in [1.807, 2.05) is 19.1 Å². The highest BCUT2D eigenvalue weighted by Crippen LogP contribution is 2.40. The Labute approximate surface area is 128 Å². The van der Waals surface area contributed by atoms with Gasteiger partial charge in [0.2, 0.25) is 0 Å². The average molecular weight is 302 g/mol. The fourth-order valence-corrected chi connectivity index (χ4v) is 2.43. The zero-order valence-corrected chi connectivity index (χ0v) is 12.5. The largest absolute Gasteiger partial charge is 0.342 e. The van der Waals surface area contributed by atoms with Crippen LogP contribution in [0, 0.1) is 12.8 Å². The molecule has 0 bridgehead atoms. The third-order valence-corrected chi connectivity index (χ3v) is 3.82. The zero-order chi connectivity index (χ0) is 14.8. The Morgan fingerprint density at radius 2 is 2.14 bits per heavy atom. The third-order valence-electron chi connectivity index (χ3n) is 3.60. The lowest BCUT2D eigenvalue weighted by atomic mass is 10.1. The number of carbonyl (C=O) groups excluding carboxylic acids is 1. The fraction of sp³-hybridized carbons (Fsp3) is 0.312. The molecule has 1 aliphatic carbocycles. The van der Waals surface area contributed by atoms with E-state index in [-0.39, 0.29) is 11.9 Å². The molecule has 0 aliphatic heterocycles. The molecule has 5 heteroatoms. The monoisotopic (exact) mass is 301 g/mol. The first-order valence-corrected chi connectivity index (χ1v) is 7.36. The van der Waals surface area contributed by atoms with E-state index in [1.54, 1.807) is 18.3 Å². The summed E-state index contributed by atoms with van der Waals surface area (Å²) in [6.45, 7) is 2.03. The molecule has 2 heterocycles. The van der Waals surface area contributed by atoms with Gasteiger partial charge in [0.25, 0.3) is 5.91 Å². The van der Waals surface area contributed by atoms with Gasteiger partial charge in [-0.05, 0) is 55.5 Å². The number of nitrogens with zero attached hydrogens (tertiary/aromatic N) is 2. The first-order chi connectivity index (χ1) is 10.1. The Morgan fingerprint density at radius 3 is 2.76 bits per heavy atom.